The van der Waals surface area contributed by atoms with E-state index in [0.717, 1.165) is 31.2 Å². The third-order valence-electron chi connectivity index (χ3n) is 5.44. The van der Waals surface area contributed by atoms with E-state index in [0.29, 0.717) is 0 Å². The van der Waals surface area contributed by atoms with Gasteiger partial charge in [-0.15, -0.1) is 0 Å². The van der Waals surface area contributed by atoms with Crippen molar-refractivity contribution in [2.24, 2.45) is 0 Å². The number of benzene rings is 1. The van der Waals surface area contributed by atoms with Gasteiger partial charge in [0.05, 0.1) is 30.1 Å². The molecule has 1 saturated carbocycles. The van der Waals surface area contributed by atoms with Gasteiger partial charge in [0, 0.05) is 6.04 Å². The predicted octanol–water partition coefficient (Wildman–Crippen LogP) is 1.80. The molecule has 0 spiro atoms. The maximum absolute atomic E-state index is 12.6. The van der Waals surface area contributed by atoms with Crippen molar-refractivity contribution in [1.29, 1.82) is 0 Å². The van der Waals surface area contributed by atoms with Crippen molar-refractivity contribution in [3.63, 3.8) is 0 Å². The molecule has 7 nitrogen and oxygen atoms in total. The Bertz CT molecular complexity index is 816. The summed E-state index contributed by atoms with van der Waals surface area (Å²) in [6.07, 6.45) is 7.78. The van der Waals surface area contributed by atoms with Gasteiger partial charge in [0.15, 0.2) is 0 Å². The van der Waals surface area contributed by atoms with Gasteiger partial charge in [-0.1, -0.05) is 49.1 Å². The molecule has 1 amide bonds. The fourth-order valence-electron chi connectivity index (χ4n) is 3.79. The molecule has 1 fully saturated rings. The van der Waals surface area contributed by atoms with E-state index in [1.54, 1.807) is 24.3 Å². The molecule has 0 aromatic heterocycles. The van der Waals surface area contributed by atoms with Crippen molar-refractivity contribution in [3.8, 4) is 0 Å². The smallest absolute Gasteiger partial charge is 0.241 e. The van der Waals surface area contributed by atoms with Crippen LogP contribution in [0.15, 0.2) is 41.3 Å². The summed E-state index contributed by atoms with van der Waals surface area (Å²) in [5.74, 6) is -0.0816. The van der Waals surface area contributed by atoms with E-state index in [-0.39, 0.29) is 29.9 Å². The van der Waals surface area contributed by atoms with Crippen LogP contribution >= 0.6 is 0 Å². The first-order valence-corrected chi connectivity index (χ1v) is 11.7. The molecule has 1 aromatic rings. The monoisotopic (exact) mass is 422 g/mol. The summed E-state index contributed by atoms with van der Waals surface area (Å²) < 4.78 is 33.6. The van der Waals surface area contributed by atoms with Crippen LogP contribution in [0.4, 0.5) is 0 Å². The van der Waals surface area contributed by atoms with Crippen LogP contribution in [0.25, 0.3) is 0 Å². The SMILES string of the molecule is Cc1ccc(S(=O)(=O)N[C@@H]2C=C[C@H](CC(=O)NC3CCCCC3)O[C@@H]2CO)cc1. The third kappa shape index (κ3) is 6.12. The summed E-state index contributed by atoms with van der Waals surface area (Å²) in [7, 11) is -3.75. The molecule has 0 saturated heterocycles. The number of carbonyl (C=O) groups is 1. The second-order valence-corrected chi connectivity index (χ2v) is 9.56. The minimum absolute atomic E-state index is 0.0816. The quantitative estimate of drug-likeness (QED) is 0.581. The number of carbonyl (C=O) groups excluding carboxylic acids is 1. The van der Waals surface area contributed by atoms with Gasteiger partial charge in [-0.3, -0.25) is 4.79 Å². The predicted molar refractivity (Wildman–Crippen MR) is 110 cm³/mol. The molecule has 1 heterocycles. The molecule has 3 atom stereocenters. The van der Waals surface area contributed by atoms with E-state index in [9.17, 15) is 18.3 Å². The van der Waals surface area contributed by atoms with Crippen LogP contribution in [0.5, 0.6) is 0 Å². The third-order valence-corrected chi connectivity index (χ3v) is 6.92. The highest BCUT2D eigenvalue weighted by Crippen LogP contribution is 2.20. The summed E-state index contributed by atoms with van der Waals surface area (Å²) in [4.78, 5) is 12.5. The van der Waals surface area contributed by atoms with Crippen LogP contribution in [-0.4, -0.2) is 50.3 Å². The van der Waals surface area contributed by atoms with E-state index in [4.69, 9.17) is 4.74 Å². The summed E-state index contributed by atoms with van der Waals surface area (Å²) in [6, 6.07) is 6.06. The number of amides is 1. The Morgan fingerprint density at radius 3 is 2.48 bits per heavy atom. The van der Waals surface area contributed by atoms with Crippen molar-refractivity contribution < 1.29 is 23.1 Å². The molecular weight excluding hydrogens is 392 g/mol. The van der Waals surface area contributed by atoms with Gasteiger partial charge in [-0.05, 0) is 31.9 Å². The molecule has 1 aliphatic heterocycles. The summed E-state index contributed by atoms with van der Waals surface area (Å²) >= 11 is 0. The highest BCUT2D eigenvalue weighted by Gasteiger charge is 2.31. The topological polar surface area (TPSA) is 105 Å². The van der Waals surface area contributed by atoms with E-state index in [2.05, 4.69) is 10.0 Å². The first-order chi connectivity index (χ1) is 13.9. The number of rotatable bonds is 7. The Hall–Kier alpha value is -1.74. The molecule has 8 heteroatoms. The summed E-state index contributed by atoms with van der Waals surface area (Å²) in [5, 5.41) is 12.7. The van der Waals surface area contributed by atoms with Gasteiger partial charge in [0.25, 0.3) is 0 Å². The summed E-state index contributed by atoms with van der Waals surface area (Å²) in [5.41, 5.74) is 0.965. The minimum atomic E-state index is -3.75. The molecule has 3 N–H and O–H groups in total. The highest BCUT2D eigenvalue weighted by atomic mass is 32.2. The normalized spacial score (nSPS) is 25.7. The molecule has 0 bridgehead atoms. The zero-order valence-electron chi connectivity index (χ0n) is 16.7. The largest absolute Gasteiger partial charge is 0.394 e. The van der Waals surface area contributed by atoms with Crippen LogP contribution < -0.4 is 10.0 Å². The number of nitrogens with one attached hydrogen (secondary N) is 2. The van der Waals surface area contributed by atoms with Gasteiger partial charge in [0.1, 0.15) is 6.10 Å². The zero-order chi connectivity index (χ0) is 20.9. The molecule has 0 radical (unpaired) electrons. The average molecular weight is 423 g/mol. The number of aliphatic hydroxyl groups excluding tert-OH is 1. The lowest BCUT2D eigenvalue weighted by Crippen LogP contribution is -2.49. The molecule has 1 aromatic carbocycles. The highest BCUT2D eigenvalue weighted by molar-refractivity contribution is 7.89. The number of hydrogen-bond donors (Lipinski definition) is 3. The van der Waals surface area contributed by atoms with Gasteiger partial charge in [0.2, 0.25) is 15.9 Å². The van der Waals surface area contributed by atoms with Gasteiger partial charge < -0.3 is 15.2 Å². The Labute approximate surface area is 172 Å². The second-order valence-electron chi connectivity index (χ2n) is 7.85. The van der Waals surface area contributed by atoms with E-state index < -0.39 is 28.3 Å². The first-order valence-electron chi connectivity index (χ1n) is 10.2. The Morgan fingerprint density at radius 2 is 1.83 bits per heavy atom. The average Bonchev–Trinajstić information content (AvgIpc) is 2.70. The maximum atomic E-state index is 12.6. The fraction of sp³-hybridized carbons (Fsp3) is 0.571. The lowest BCUT2D eigenvalue weighted by Gasteiger charge is -2.32. The van der Waals surface area contributed by atoms with Crippen molar-refractivity contribution in [3.05, 3.63) is 42.0 Å². The maximum Gasteiger partial charge on any atom is 0.241 e. The number of ether oxygens (including phenoxy) is 1. The molecule has 2 aliphatic rings. The van der Waals surface area contributed by atoms with Crippen LogP contribution in [0.3, 0.4) is 0 Å². The van der Waals surface area contributed by atoms with E-state index in [1.165, 1.54) is 18.6 Å². The second kappa shape index (κ2) is 9.84. The van der Waals surface area contributed by atoms with Crippen LogP contribution in [0.2, 0.25) is 0 Å². The molecule has 160 valence electrons. The standard InChI is InChI=1S/C21H30N2O5S/c1-15-7-10-18(11-8-15)29(26,27)23-19-12-9-17(28-20(19)14-24)13-21(25)22-16-5-3-2-4-6-16/h7-12,16-17,19-20,23-24H,2-6,13-14H2,1H3,(H,22,25)/t17-,19-,20-/m1/s1. The van der Waals surface area contributed by atoms with Crippen molar-refractivity contribution in [1.82, 2.24) is 10.0 Å². The fourth-order valence-corrected chi connectivity index (χ4v) is 5.01. The van der Waals surface area contributed by atoms with Crippen LogP contribution in [-0.2, 0) is 19.6 Å². The van der Waals surface area contributed by atoms with E-state index in [1.807, 2.05) is 6.92 Å². The molecule has 1 aliphatic carbocycles. The van der Waals surface area contributed by atoms with Crippen LogP contribution in [0, 0.1) is 6.92 Å². The first kappa shape index (κ1) is 22.0. The lowest BCUT2D eigenvalue weighted by molar-refractivity contribution is -0.126. The van der Waals surface area contributed by atoms with Crippen molar-refractivity contribution in [2.75, 3.05) is 6.61 Å². The number of sulfonamides is 1. The van der Waals surface area contributed by atoms with Gasteiger partial charge in [-0.2, -0.15) is 0 Å². The number of aryl methyl sites for hydroxylation is 1. The lowest BCUT2D eigenvalue weighted by atomic mass is 9.95. The van der Waals surface area contributed by atoms with Crippen molar-refractivity contribution in [2.45, 2.75) is 74.6 Å². The minimum Gasteiger partial charge on any atom is -0.394 e. The van der Waals surface area contributed by atoms with Gasteiger partial charge >= 0.3 is 0 Å². The Kier molecular flexibility index (Phi) is 7.45. The molecular formula is C21H30N2O5S. The van der Waals surface area contributed by atoms with Crippen LogP contribution in [0.1, 0.15) is 44.1 Å². The Morgan fingerprint density at radius 1 is 1.14 bits per heavy atom. The molecule has 3 rings (SSSR count). The van der Waals surface area contributed by atoms with E-state index >= 15 is 0 Å². The number of aliphatic hydroxyl groups is 1. The summed E-state index contributed by atoms with van der Waals surface area (Å²) in [6.45, 7) is 1.53. The number of hydrogen-bond acceptors (Lipinski definition) is 5. The zero-order valence-corrected chi connectivity index (χ0v) is 17.5. The molecule has 29 heavy (non-hydrogen) atoms. The Balaban J connectivity index is 1.59. The van der Waals surface area contributed by atoms with Gasteiger partial charge in [-0.25, -0.2) is 13.1 Å². The van der Waals surface area contributed by atoms with Crippen molar-refractivity contribution >= 4 is 15.9 Å². The molecule has 0 unspecified atom stereocenters.